The molecule has 0 amide bonds. The minimum atomic E-state index is 0.217. The van der Waals surface area contributed by atoms with Crippen molar-refractivity contribution in [2.45, 2.75) is 52.7 Å². The van der Waals surface area contributed by atoms with Gasteiger partial charge in [0.1, 0.15) is 5.76 Å². The number of furan rings is 1. The minimum Gasteiger partial charge on any atom is -0.468 e. The summed E-state index contributed by atoms with van der Waals surface area (Å²) in [4.78, 5) is 2.34. The molecule has 0 atom stereocenters. The Labute approximate surface area is 105 Å². The smallest absolute Gasteiger partial charge is 0.118 e. The number of hydrogen-bond donors (Lipinski definition) is 1. The Bertz CT molecular complexity index is 331. The van der Waals surface area contributed by atoms with Crippen molar-refractivity contribution in [3.05, 3.63) is 23.7 Å². The third-order valence-electron chi connectivity index (χ3n) is 3.58. The molecule has 0 fully saturated rings. The Kier molecular flexibility index (Phi) is 5.22. The van der Waals surface area contributed by atoms with Gasteiger partial charge in [0.05, 0.1) is 12.8 Å². The second kappa shape index (κ2) is 6.22. The first-order valence-corrected chi connectivity index (χ1v) is 6.47. The molecule has 0 aromatic carbocycles. The van der Waals surface area contributed by atoms with Gasteiger partial charge in [-0.1, -0.05) is 13.8 Å². The fourth-order valence-electron chi connectivity index (χ4n) is 1.59. The van der Waals surface area contributed by atoms with Crippen LogP contribution in [-0.2, 0) is 13.1 Å². The van der Waals surface area contributed by atoms with Crippen molar-refractivity contribution in [2.75, 3.05) is 13.6 Å². The van der Waals surface area contributed by atoms with E-state index in [4.69, 9.17) is 4.42 Å². The Morgan fingerprint density at radius 1 is 1.35 bits per heavy atom. The van der Waals surface area contributed by atoms with Crippen molar-refractivity contribution in [2.24, 2.45) is 0 Å². The molecule has 0 saturated heterocycles. The maximum Gasteiger partial charge on any atom is 0.118 e. The van der Waals surface area contributed by atoms with Crippen LogP contribution < -0.4 is 5.32 Å². The standard InChI is InChI=1S/C14H26N2O/c1-6-14(3,4)16(5)10-13-8-12(11-17-13)9-15-7-2/h8,11,15H,6-7,9-10H2,1-5H3. The van der Waals surface area contributed by atoms with Crippen LogP contribution in [0.2, 0.25) is 0 Å². The molecule has 0 aliphatic rings. The molecule has 0 spiro atoms. The van der Waals surface area contributed by atoms with Crippen molar-refractivity contribution in [1.82, 2.24) is 10.2 Å². The summed E-state index contributed by atoms with van der Waals surface area (Å²) in [5.74, 6) is 1.04. The molecule has 3 nitrogen and oxygen atoms in total. The van der Waals surface area contributed by atoms with Crippen molar-refractivity contribution >= 4 is 0 Å². The Hall–Kier alpha value is -0.800. The van der Waals surface area contributed by atoms with E-state index in [2.05, 4.69) is 51.0 Å². The molecule has 0 bridgehead atoms. The first-order chi connectivity index (χ1) is 7.99. The summed E-state index contributed by atoms with van der Waals surface area (Å²) < 4.78 is 5.59. The van der Waals surface area contributed by atoms with Gasteiger partial charge in [-0.05, 0) is 39.9 Å². The third kappa shape index (κ3) is 4.17. The van der Waals surface area contributed by atoms with E-state index >= 15 is 0 Å². The van der Waals surface area contributed by atoms with Crippen LogP contribution in [0.5, 0.6) is 0 Å². The van der Waals surface area contributed by atoms with Crippen molar-refractivity contribution in [1.29, 1.82) is 0 Å². The highest BCUT2D eigenvalue weighted by Gasteiger charge is 2.21. The molecule has 1 N–H and O–H groups in total. The van der Waals surface area contributed by atoms with Gasteiger partial charge in [-0.2, -0.15) is 0 Å². The van der Waals surface area contributed by atoms with E-state index in [1.807, 2.05) is 6.26 Å². The normalized spacial score (nSPS) is 12.4. The average molecular weight is 238 g/mol. The Morgan fingerprint density at radius 3 is 2.65 bits per heavy atom. The zero-order valence-corrected chi connectivity index (χ0v) is 11.8. The third-order valence-corrected chi connectivity index (χ3v) is 3.58. The zero-order chi connectivity index (χ0) is 12.9. The van der Waals surface area contributed by atoms with Crippen LogP contribution in [0.25, 0.3) is 0 Å². The maximum atomic E-state index is 5.59. The van der Waals surface area contributed by atoms with E-state index < -0.39 is 0 Å². The lowest BCUT2D eigenvalue weighted by molar-refractivity contribution is 0.133. The molecule has 3 heteroatoms. The van der Waals surface area contributed by atoms with E-state index in [9.17, 15) is 0 Å². The second-order valence-electron chi connectivity index (χ2n) is 5.22. The van der Waals surface area contributed by atoms with Gasteiger partial charge in [-0.15, -0.1) is 0 Å². The van der Waals surface area contributed by atoms with E-state index in [0.29, 0.717) is 0 Å². The highest BCUT2D eigenvalue weighted by Crippen LogP contribution is 2.20. The lowest BCUT2D eigenvalue weighted by Gasteiger charge is -2.34. The van der Waals surface area contributed by atoms with Crippen LogP contribution in [0, 0.1) is 0 Å². The molecule has 17 heavy (non-hydrogen) atoms. The van der Waals surface area contributed by atoms with Crippen molar-refractivity contribution in [3.8, 4) is 0 Å². The van der Waals surface area contributed by atoms with Crippen LogP contribution in [0.1, 0.15) is 45.4 Å². The minimum absolute atomic E-state index is 0.217. The van der Waals surface area contributed by atoms with Crippen LogP contribution in [0.3, 0.4) is 0 Å². The van der Waals surface area contributed by atoms with E-state index in [1.54, 1.807) is 0 Å². The molecule has 0 saturated carbocycles. The molecular weight excluding hydrogens is 212 g/mol. The van der Waals surface area contributed by atoms with E-state index in [-0.39, 0.29) is 5.54 Å². The topological polar surface area (TPSA) is 28.4 Å². The predicted molar refractivity (Wildman–Crippen MR) is 71.9 cm³/mol. The fourth-order valence-corrected chi connectivity index (χ4v) is 1.59. The summed E-state index contributed by atoms with van der Waals surface area (Å²) in [6.07, 6.45) is 2.99. The van der Waals surface area contributed by atoms with Gasteiger partial charge in [-0.3, -0.25) is 4.90 Å². The van der Waals surface area contributed by atoms with Crippen molar-refractivity contribution in [3.63, 3.8) is 0 Å². The lowest BCUT2D eigenvalue weighted by atomic mass is 10.00. The monoisotopic (exact) mass is 238 g/mol. The summed E-state index contributed by atoms with van der Waals surface area (Å²) in [6, 6.07) is 2.14. The van der Waals surface area contributed by atoms with Gasteiger partial charge >= 0.3 is 0 Å². The average Bonchev–Trinajstić information content (AvgIpc) is 2.74. The van der Waals surface area contributed by atoms with Gasteiger partial charge in [0.2, 0.25) is 0 Å². The Balaban J connectivity index is 2.54. The van der Waals surface area contributed by atoms with Crippen molar-refractivity contribution < 1.29 is 4.42 Å². The summed E-state index contributed by atoms with van der Waals surface area (Å²) in [5, 5.41) is 3.30. The van der Waals surface area contributed by atoms with Gasteiger partial charge in [0.25, 0.3) is 0 Å². The quantitative estimate of drug-likeness (QED) is 0.791. The molecular formula is C14H26N2O. The molecule has 0 aliphatic carbocycles. The number of nitrogens with one attached hydrogen (secondary N) is 1. The highest BCUT2D eigenvalue weighted by atomic mass is 16.3. The summed E-state index contributed by atoms with van der Waals surface area (Å²) in [7, 11) is 2.15. The van der Waals surface area contributed by atoms with Crippen LogP contribution in [-0.4, -0.2) is 24.0 Å². The largest absolute Gasteiger partial charge is 0.468 e. The van der Waals surface area contributed by atoms with Crippen LogP contribution in [0.4, 0.5) is 0 Å². The van der Waals surface area contributed by atoms with Gasteiger partial charge < -0.3 is 9.73 Å². The number of rotatable bonds is 7. The molecule has 0 unspecified atom stereocenters. The van der Waals surface area contributed by atoms with Gasteiger partial charge in [0, 0.05) is 17.6 Å². The number of nitrogens with zero attached hydrogens (tertiary/aromatic N) is 1. The zero-order valence-electron chi connectivity index (χ0n) is 11.8. The van der Waals surface area contributed by atoms with Crippen LogP contribution >= 0.6 is 0 Å². The summed E-state index contributed by atoms with van der Waals surface area (Å²) >= 11 is 0. The molecule has 98 valence electrons. The summed E-state index contributed by atoms with van der Waals surface area (Å²) in [5.41, 5.74) is 1.44. The molecule has 1 rings (SSSR count). The van der Waals surface area contributed by atoms with Crippen LogP contribution in [0.15, 0.2) is 16.7 Å². The molecule has 0 aliphatic heterocycles. The maximum absolute atomic E-state index is 5.59. The van der Waals surface area contributed by atoms with E-state index in [0.717, 1.165) is 31.8 Å². The van der Waals surface area contributed by atoms with Gasteiger partial charge in [0.15, 0.2) is 0 Å². The molecule has 0 radical (unpaired) electrons. The predicted octanol–water partition coefficient (Wildman–Crippen LogP) is 3.01. The first kappa shape index (κ1) is 14.3. The lowest BCUT2D eigenvalue weighted by Crippen LogP contribution is -2.39. The second-order valence-corrected chi connectivity index (χ2v) is 5.22. The van der Waals surface area contributed by atoms with Gasteiger partial charge in [-0.25, -0.2) is 0 Å². The molecule has 1 aromatic heterocycles. The summed E-state index contributed by atoms with van der Waals surface area (Å²) in [6.45, 7) is 11.6. The molecule has 1 heterocycles. The number of hydrogen-bond acceptors (Lipinski definition) is 3. The molecule has 1 aromatic rings. The SMILES string of the molecule is CCNCc1coc(CN(C)C(C)(C)CC)c1. The highest BCUT2D eigenvalue weighted by molar-refractivity contribution is 5.12. The fraction of sp³-hybridized carbons (Fsp3) is 0.714. The van der Waals surface area contributed by atoms with E-state index in [1.165, 1.54) is 5.56 Å². The Morgan fingerprint density at radius 2 is 2.06 bits per heavy atom. The first-order valence-electron chi connectivity index (χ1n) is 6.47.